The minimum Gasteiger partial charge on any atom is -0.395 e. The van der Waals surface area contributed by atoms with E-state index >= 15 is 0 Å². The van der Waals surface area contributed by atoms with Crippen molar-refractivity contribution >= 4 is 5.91 Å². The number of nitrogens with one attached hydrogen (secondary N) is 1. The van der Waals surface area contributed by atoms with E-state index in [0.29, 0.717) is 25.0 Å². The Morgan fingerprint density at radius 2 is 2.15 bits per heavy atom. The fourth-order valence-corrected chi connectivity index (χ4v) is 4.24. The van der Waals surface area contributed by atoms with Crippen molar-refractivity contribution in [2.24, 2.45) is 17.8 Å². The Balaban J connectivity index is 1.75. The Morgan fingerprint density at radius 3 is 2.70 bits per heavy atom. The molecule has 0 aromatic rings. The zero-order valence-corrected chi connectivity index (χ0v) is 13.0. The predicted octanol–water partition coefficient (Wildman–Crippen LogP) is 1.63. The molecule has 0 aromatic heterocycles. The van der Waals surface area contributed by atoms with Gasteiger partial charge in [-0.2, -0.15) is 0 Å². The monoisotopic (exact) mass is 282 g/mol. The molecule has 0 spiro atoms. The Kier molecular flexibility index (Phi) is 5.85. The molecule has 4 nitrogen and oxygen atoms in total. The lowest BCUT2D eigenvalue weighted by molar-refractivity contribution is -0.123. The second kappa shape index (κ2) is 7.41. The van der Waals surface area contributed by atoms with E-state index in [0.717, 1.165) is 24.8 Å². The van der Waals surface area contributed by atoms with Gasteiger partial charge in [0.25, 0.3) is 0 Å². The topological polar surface area (TPSA) is 52.6 Å². The van der Waals surface area contributed by atoms with Crippen molar-refractivity contribution in [1.29, 1.82) is 0 Å². The largest absolute Gasteiger partial charge is 0.395 e. The first kappa shape index (κ1) is 15.8. The minimum atomic E-state index is 0.113. The summed E-state index contributed by atoms with van der Waals surface area (Å²) >= 11 is 0. The van der Waals surface area contributed by atoms with Gasteiger partial charge >= 0.3 is 0 Å². The summed E-state index contributed by atoms with van der Waals surface area (Å²) in [6.07, 6.45) is 6.47. The Hall–Kier alpha value is -0.610. The molecule has 0 saturated heterocycles. The average Bonchev–Trinajstić information content (AvgIpc) is 3.01. The van der Waals surface area contributed by atoms with Crippen LogP contribution in [-0.2, 0) is 4.79 Å². The van der Waals surface area contributed by atoms with Crippen LogP contribution >= 0.6 is 0 Å². The Labute approximate surface area is 122 Å². The summed E-state index contributed by atoms with van der Waals surface area (Å²) in [5, 5.41) is 12.2. The van der Waals surface area contributed by atoms with Gasteiger partial charge < -0.3 is 10.4 Å². The maximum absolute atomic E-state index is 12.1. The van der Waals surface area contributed by atoms with E-state index in [4.69, 9.17) is 5.11 Å². The zero-order valence-electron chi connectivity index (χ0n) is 13.0. The lowest BCUT2D eigenvalue weighted by Crippen LogP contribution is -2.45. The fraction of sp³-hybridized carbons (Fsp3) is 0.938. The van der Waals surface area contributed by atoms with Crippen LogP contribution in [0.5, 0.6) is 0 Å². The van der Waals surface area contributed by atoms with Crippen molar-refractivity contribution in [3.05, 3.63) is 0 Å². The van der Waals surface area contributed by atoms with E-state index in [1.807, 2.05) is 4.90 Å². The first-order valence-electron chi connectivity index (χ1n) is 8.26. The van der Waals surface area contributed by atoms with Crippen LogP contribution in [0.3, 0.4) is 0 Å². The van der Waals surface area contributed by atoms with E-state index in [1.165, 1.54) is 25.7 Å². The molecule has 2 saturated carbocycles. The first-order chi connectivity index (χ1) is 9.63. The van der Waals surface area contributed by atoms with Crippen LogP contribution in [0, 0.1) is 17.8 Å². The van der Waals surface area contributed by atoms with Crippen LogP contribution in [0.1, 0.15) is 46.0 Å². The van der Waals surface area contributed by atoms with E-state index in [2.05, 4.69) is 19.2 Å². The molecule has 2 fully saturated rings. The van der Waals surface area contributed by atoms with Crippen molar-refractivity contribution in [1.82, 2.24) is 10.2 Å². The molecular weight excluding hydrogens is 252 g/mol. The number of hydrogen-bond donors (Lipinski definition) is 2. The molecule has 2 aliphatic rings. The minimum absolute atomic E-state index is 0.113. The maximum atomic E-state index is 12.1. The molecular formula is C16H30N2O2. The van der Waals surface area contributed by atoms with Crippen LogP contribution in [0.2, 0.25) is 0 Å². The van der Waals surface area contributed by atoms with Crippen LogP contribution in [0.15, 0.2) is 0 Å². The van der Waals surface area contributed by atoms with Crippen LogP contribution in [0.4, 0.5) is 0 Å². The van der Waals surface area contributed by atoms with E-state index in [1.54, 1.807) is 0 Å². The van der Waals surface area contributed by atoms with Gasteiger partial charge in [0.15, 0.2) is 0 Å². The van der Waals surface area contributed by atoms with E-state index < -0.39 is 0 Å². The summed E-state index contributed by atoms with van der Waals surface area (Å²) in [7, 11) is 0. The molecule has 0 aliphatic heterocycles. The smallest absolute Gasteiger partial charge is 0.234 e. The van der Waals surface area contributed by atoms with Gasteiger partial charge in [0.2, 0.25) is 5.91 Å². The lowest BCUT2D eigenvalue weighted by atomic mass is 9.84. The van der Waals surface area contributed by atoms with Gasteiger partial charge in [0, 0.05) is 12.6 Å². The van der Waals surface area contributed by atoms with Gasteiger partial charge in [-0.3, -0.25) is 9.69 Å². The number of carbonyl (C=O) groups excluding carboxylic acids is 1. The van der Waals surface area contributed by atoms with Gasteiger partial charge in [0.1, 0.15) is 0 Å². The number of amides is 1. The van der Waals surface area contributed by atoms with Crippen molar-refractivity contribution in [2.45, 2.75) is 52.0 Å². The highest BCUT2D eigenvalue weighted by Crippen LogP contribution is 2.49. The summed E-state index contributed by atoms with van der Waals surface area (Å²) in [5.41, 5.74) is 0. The van der Waals surface area contributed by atoms with Crippen LogP contribution in [-0.4, -0.2) is 48.2 Å². The van der Waals surface area contributed by atoms with Crippen LogP contribution < -0.4 is 5.32 Å². The highest BCUT2D eigenvalue weighted by Gasteiger charge is 2.42. The third-order valence-corrected chi connectivity index (χ3v) is 5.15. The highest BCUT2D eigenvalue weighted by atomic mass is 16.3. The fourth-order valence-electron chi connectivity index (χ4n) is 4.24. The second-order valence-corrected chi connectivity index (χ2v) is 6.69. The summed E-state index contributed by atoms with van der Waals surface area (Å²) in [6.45, 7) is 6.26. The molecule has 4 atom stereocenters. The first-order valence-corrected chi connectivity index (χ1v) is 8.26. The molecule has 0 radical (unpaired) electrons. The average molecular weight is 282 g/mol. The number of carbonyl (C=O) groups is 1. The Morgan fingerprint density at radius 1 is 1.35 bits per heavy atom. The van der Waals surface area contributed by atoms with Crippen molar-refractivity contribution in [3.63, 3.8) is 0 Å². The third-order valence-electron chi connectivity index (χ3n) is 5.15. The van der Waals surface area contributed by atoms with Gasteiger partial charge in [-0.1, -0.05) is 13.3 Å². The SMILES string of the molecule is CCCN(CCO)CC(=O)NC(C)C1CC2CCC1C2. The van der Waals surface area contributed by atoms with Crippen molar-refractivity contribution in [3.8, 4) is 0 Å². The second-order valence-electron chi connectivity index (χ2n) is 6.69. The number of nitrogens with zero attached hydrogens (tertiary/aromatic N) is 1. The molecule has 4 heteroatoms. The molecule has 2 N–H and O–H groups in total. The Bertz CT molecular complexity index is 316. The summed E-state index contributed by atoms with van der Waals surface area (Å²) in [4.78, 5) is 14.2. The summed E-state index contributed by atoms with van der Waals surface area (Å²) < 4.78 is 0. The van der Waals surface area contributed by atoms with Crippen LogP contribution in [0.25, 0.3) is 0 Å². The molecule has 116 valence electrons. The predicted molar refractivity (Wildman–Crippen MR) is 80.4 cm³/mol. The number of hydrogen-bond acceptors (Lipinski definition) is 3. The normalized spacial score (nSPS) is 29.9. The van der Waals surface area contributed by atoms with Crippen molar-refractivity contribution in [2.75, 3.05) is 26.2 Å². The number of aliphatic hydroxyl groups is 1. The van der Waals surface area contributed by atoms with Gasteiger partial charge in [-0.15, -0.1) is 0 Å². The third kappa shape index (κ3) is 3.95. The van der Waals surface area contributed by atoms with Gasteiger partial charge in [0.05, 0.1) is 13.2 Å². The summed E-state index contributed by atoms with van der Waals surface area (Å²) in [5.74, 6) is 2.58. The molecule has 2 rings (SSSR count). The van der Waals surface area contributed by atoms with E-state index in [9.17, 15) is 4.79 Å². The summed E-state index contributed by atoms with van der Waals surface area (Å²) in [6, 6.07) is 0.301. The molecule has 2 aliphatic carbocycles. The quantitative estimate of drug-likeness (QED) is 0.711. The van der Waals surface area contributed by atoms with Crippen molar-refractivity contribution < 1.29 is 9.90 Å². The lowest BCUT2D eigenvalue weighted by Gasteiger charge is -2.29. The molecule has 0 aromatic carbocycles. The molecule has 4 unspecified atom stereocenters. The number of fused-ring (bicyclic) bond motifs is 2. The maximum Gasteiger partial charge on any atom is 0.234 e. The number of aliphatic hydroxyl groups excluding tert-OH is 1. The molecule has 0 heterocycles. The highest BCUT2D eigenvalue weighted by molar-refractivity contribution is 5.78. The standard InChI is InChI=1S/C16H30N2O2/c1-3-6-18(7-8-19)11-16(20)17-12(2)15-10-13-4-5-14(15)9-13/h12-15,19H,3-11H2,1-2H3,(H,17,20). The zero-order chi connectivity index (χ0) is 14.5. The van der Waals surface area contributed by atoms with Gasteiger partial charge in [-0.05, 0) is 56.9 Å². The van der Waals surface area contributed by atoms with E-state index in [-0.39, 0.29) is 12.5 Å². The number of rotatable bonds is 8. The van der Waals surface area contributed by atoms with Gasteiger partial charge in [-0.25, -0.2) is 0 Å². The molecule has 20 heavy (non-hydrogen) atoms. The molecule has 1 amide bonds. The molecule has 2 bridgehead atoms.